The van der Waals surface area contributed by atoms with Crippen molar-refractivity contribution in [3.8, 4) is 0 Å². The molecule has 0 spiro atoms. The number of benzene rings is 1. The Morgan fingerprint density at radius 1 is 1.28 bits per heavy atom. The van der Waals surface area contributed by atoms with E-state index in [1.54, 1.807) is 11.3 Å². The van der Waals surface area contributed by atoms with Gasteiger partial charge in [-0.3, -0.25) is 4.79 Å². The molecule has 0 aliphatic carbocycles. The molecule has 0 saturated heterocycles. The number of thiophene rings is 1. The van der Waals surface area contributed by atoms with Gasteiger partial charge >= 0.3 is 0 Å². The molecule has 1 atom stereocenters. The van der Waals surface area contributed by atoms with E-state index in [1.807, 2.05) is 47.8 Å². The average molecular weight is 261 g/mol. The highest BCUT2D eigenvalue weighted by Gasteiger charge is 2.17. The Morgan fingerprint density at radius 2 is 2.06 bits per heavy atom. The highest BCUT2D eigenvalue weighted by atomic mass is 32.1. The summed E-state index contributed by atoms with van der Waals surface area (Å²) in [6.45, 7) is 0.0781. The number of carbonyl (C=O) groups excluding carboxylic acids is 1. The van der Waals surface area contributed by atoms with E-state index >= 15 is 0 Å². The maximum absolute atomic E-state index is 11.7. The van der Waals surface area contributed by atoms with E-state index in [0.29, 0.717) is 0 Å². The fourth-order valence-electron chi connectivity index (χ4n) is 1.75. The van der Waals surface area contributed by atoms with Crippen LogP contribution in [0.2, 0.25) is 0 Å². The number of hydrogen-bond donors (Lipinski definition) is 1. The normalized spacial score (nSPS) is 12.1. The molecule has 1 unspecified atom stereocenters. The van der Waals surface area contributed by atoms with Crippen LogP contribution in [0.25, 0.3) is 0 Å². The van der Waals surface area contributed by atoms with Gasteiger partial charge in [0.2, 0.25) is 5.91 Å². The van der Waals surface area contributed by atoms with E-state index in [9.17, 15) is 4.79 Å². The summed E-state index contributed by atoms with van der Waals surface area (Å²) in [5, 5.41) is 4.99. The zero-order valence-electron chi connectivity index (χ0n) is 10.1. The standard InChI is InChI=1S/C14H15NO2S/c1-17-10-13(16)15-14(12-8-5-9-18-12)11-6-3-2-4-7-11/h2-9,14H,10H2,1H3,(H,15,16). The van der Waals surface area contributed by atoms with Crippen molar-refractivity contribution in [3.63, 3.8) is 0 Å². The maximum Gasteiger partial charge on any atom is 0.246 e. The lowest BCUT2D eigenvalue weighted by Crippen LogP contribution is -2.31. The van der Waals surface area contributed by atoms with Gasteiger partial charge in [-0.05, 0) is 17.0 Å². The third-order valence-electron chi connectivity index (χ3n) is 2.54. The van der Waals surface area contributed by atoms with Crippen LogP contribution in [0.4, 0.5) is 0 Å². The first-order chi connectivity index (χ1) is 8.81. The van der Waals surface area contributed by atoms with Gasteiger partial charge in [-0.2, -0.15) is 0 Å². The van der Waals surface area contributed by atoms with Crippen LogP contribution < -0.4 is 5.32 Å². The molecule has 1 heterocycles. The number of hydrogen-bond acceptors (Lipinski definition) is 3. The Hall–Kier alpha value is -1.65. The highest BCUT2D eigenvalue weighted by Crippen LogP contribution is 2.25. The van der Waals surface area contributed by atoms with E-state index in [4.69, 9.17) is 4.74 Å². The Kier molecular flexibility index (Phi) is 4.50. The summed E-state index contributed by atoms with van der Waals surface area (Å²) in [6.07, 6.45) is 0. The number of ether oxygens (including phenoxy) is 1. The van der Waals surface area contributed by atoms with Crippen molar-refractivity contribution in [1.82, 2.24) is 5.32 Å². The number of nitrogens with one attached hydrogen (secondary N) is 1. The third kappa shape index (κ3) is 3.18. The van der Waals surface area contributed by atoms with E-state index in [0.717, 1.165) is 10.4 Å². The minimum Gasteiger partial charge on any atom is -0.375 e. The molecule has 0 bridgehead atoms. The average Bonchev–Trinajstić information content (AvgIpc) is 2.91. The van der Waals surface area contributed by atoms with Gasteiger partial charge in [-0.1, -0.05) is 36.4 Å². The van der Waals surface area contributed by atoms with Crippen LogP contribution in [-0.2, 0) is 9.53 Å². The van der Waals surface area contributed by atoms with Crippen molar-refractivity contribution in [3.05, 3.63) is 58.3 Å². The fraction of sp³-hybridized carbons (Fsp3) is 0.214. The van der Waals surface area contributed by atoms with E-state index < -0.39 is 0 Å². The van der Waals surface area contributed by atoms with Crippen molar-refractivity contribution in [2.75, 3.05) is 13.7 Å². The molecule has 18 heavy (non-hydrogen) atoms. The molecule has 0 aliphatic heterocycles. The summed E-state index contributed by atoms with van der Waals surface area (Å²) in [5.41, 5.74) is 1.07. The highest BCUT2D eigenvalue weighted by molar-refractivity contribution is 7.10. The van der Waals surface area contributed by atoms with Crippen molar-refractivity contribution < 1.29 is 9.53 Å². The first-order valence-electron chi connectivity index (χ1n) is 5.68. The lowest BCUT2D eigenvalue weighted by molar-refractivity contribution is -0.125. The Labute approximate surface area is 110 Å². The molecule has 0 radical (unpaired) electrons. The van der Waals surface area contributed by atoms with Gasteiger partial charge in [0.25, 0.3) is 0 Å². The lowest BCUT2D eigenvalue weighted by atomic mass is 10.1. The first kappa shape index (κ1) is 12.8. The minimum atomic E-state index is -0.111. The second-order valence-electron chi connectivity index (χ2n) is 3.86. The molecule has 2 rings (SSSR count). The van der Waals surface area contributed by atoms with E-state index in [1.165, 1.54) is 7.11 Å². The first-order valence-corrected chi connectivity index (χ1v) is 6.56. The molecule has 0 fully saturated rings. The molecule has 1 aromatic heterocycles. The zero-order chi connectivity index (χ0) is 12.8. The van der Waals surface area contributed by atoms with Gasteiger partial charge in [-0.15, -0.1) is 11.3 Å². The summed E-state index contributed by atoms with van der Waals surface area (Å²) in [5.74, 6) is -0.111. The topological polar surface area (TPSA) is 38.3 Å². The molecule has 0 saturated carbocycles. The molecule has 4 heteroatoms. The molecule has 94 valence electrons. The molecule has 1 amide bonds. The second-order valence-corrected chi connectivity index (χ2v) is 4.84. The zero-order valence-corrected chi connectivity index (χ0v) is 10.9. The molecule has 1 N–H and O–H groups in total. The van der Waals surface area contributed by atoms with E-state index in [2.05, 4.69) is 5.32 Å². The number of carbonyl (C=O) groups is 1. The van der Waals surface area contributed by atoms with Gasteiger partial charge < -0.3 is 10.1 Å². The third-order valence-corrected chi connectivity index (χ3v) is 3.48. The molecule has 1 aromatic carbocycles. The van der Waals surface area contributed by atoms with Gasteiger partial charge in [0.15, 0.2) is 0 Å². The predicted octanol–water partition coefficient (Wildman–Crippen LogP) is 2.60. The number of rotatable bonds is 5. The van der Waals surface area contributed by atoms with Crippen LogP contribution in [0.15, 0.2) is 47.8 Å². The van der Waals surface area contributed by atoms with Crippen LogP contribution in [0.5, 0.6) is 0 Å². The smallest absolute Gasteiger partial charge is 0.246 e. The summed E-state index contributed by atoms with van der Waals surface area (Å²) >= 11 is 1.63. The summed E-state index contributed by atoms with van der Waals surface area (Å²) in [6, 6.07) is 13.8. The Balaban J connectivity index is 2.22. The van der Waals surface area contributed by atoms with Gasteiger partial charge in [-0.25, -0.2) is 0 Å². The van der Waals surface area contributed by atoms with Crippen molar-refractivity contribution in [2.24, 2.45) is 0 Å². The van der Waals surface area contributed by atoms with Gasteiger partial charge in [0.1, 0.15) is 6.61 Å². The quantitative estimate of drug-likeness (QED) is 0.898. The van der Waals surface area contributed by atoms with Gasteiger partial charge in [0, 0.05) is 12.0 Å². The Morgan fingerprint density at radius 3 is 2.67 bits per heavy atom. The van der Waals surface area contributed by atoms with Crippen molar-refractivity contribution in [2.45, 2.75) is 6.04 Å². The second kappa shape index (κ2) is 6.33. The minimum absolute atomic E-state index is 0.0781. The fourth-order valence-corrected chi connectivity index (χ4v) is 2.56. The van der Waals surface area contributed by atoms with Crippen LogP contribution in [0.1, 0.15) is 16.5 Å². The predicted molar refractivity (Wildman–Crippen MR) is 72.6 cm³/mol. The van der Waals surface area contributed by atoms with Crippen LogP contribution in [-0.4, -0.2) is 19.6 Å². The molecular weight excluding hydrogens is 246 g/mol. The summed E-state index contributed by atoms with van der Waals surface area (Å²) in [4.78, 5) is 12.8. The summed E-state index contributed by atoms with van der Waals surface area (Å²) in [7, 11) is 1.52. The molecule has 3 nitrogen and oxygen atoms in total. The van der Waals surface area contributed by atoms with Gasteiger partial charge in [0.05, 0.1) is 6.04 Å². The Bertz CT molecular complexity index is 482. The summed E-state index contributed by atoms with van der Waals surface area (Å²) < 4.78 is 4.85. The van der Waals surface area contributed by atoms with E-state index in [-0.39, 0.29) is 18.6 Å². The van der Waals surface area contributed by atoms with Crippen molar-refractivity contribution >= 4 is 17.2 Å². The molecule has 2 aromatic rings. The number of amides is 1. The number of methoxy groups -OCH3 is 1. The van der Waals surface area contributed by atoms with Crippen LogP contribution >= 0.6 is 11.3 Å². The van der Waals surface area contributed by atoms with Crippen molar-refractivity contribution in [1.29, 1.82) is 0 Å². The SMILES string of the molecule is COCC(=O)NC(c1ccccc1)c1cccs1. The van der Waals surface area contributed by atoms with Crippen LogP contribution in [0.3, 0.4) is 0 Å². The monoisotopic (exact) mass is 261 g/mol. The lowest BCUT2D eigenvalue weighted by Gasteiger charge is -2.17. The molecular formula is C14H15NO2S. The largest absolute Gasteiger partial charge is 0.375 e. The molecule has 0 aliphatic rings. The van der Waals surface area contributed by atoms with Crippen LogP contribution in [0, 0.1) is 0 Å². The maximum atomic E-state index is 11.7.